The van der Waals surface area contributed by atoms with Gasteiger partial charge in [-0.2, -0.15) is 0 Å². The summed E-state index contributed by atoms with van der Waals surface area (Å²) in [5.41, 5.74) is 0.803. The van der Waals surface area contributed by atoms with Crippen molar-refractivity contribution in [1.82, 2.24) is 0 Å². The van der Waals surface area contributed by atoms with Crippen LogP contribution >= 0.6 is 0 Å². The first kappa shape index (κ1) is 35.4. The van der Waals surface area contributed by atoms with Gasteiger partial charge in [-0.1, -0.05) is 167 Å². The van der Waals surface area contributed by atoms with E-state index in [9.17, 15) is 4.79 Å². The summed E-state index contributed by atoms with van der Waals surface area (Å²) in [5.74, 6) is 0.160. The first-order chi connectivity index (χ1) is 17.7. The molecule has 0 unspecified atom stereocenters. The predicted molar refractivity (Wildman–Crippen MR) is 161 cm³/mol. The van der Waals surface area contributed by atoms with Crippen LogP contribution in [0, 0.1) is 0 Å². The van der Waals surface area contributed by atoms with Crippen LogP contribution in [0.4, 0.5) is 0 Å². The van der Waals surface area contributed by atoms with Crippen LogP contribution in [0.2, 0.25) is 0 Å². The molecule has 0 amide bonds. The summed E-state index contributed by atoms with van der Waals surface area (Å²) < 4.78 is 5.10. The normalized spacial score (nSPS) is 11.3. The first-order valence-electron chi connectivity index (χ1n) is 16.4. The number of Topliss-reactive ketones (excluding diaryl/α,β-unsaturated/α-hetero) is 1. The molecule has 2 nitrogen and oxygen atoms in total. The van der Waals surface area contributed by atoms with Crippen LogP contribution in [0.5, 0.6) is 0 Å². The fraction of sp³-hybridized carbons (Fsp3) is 0.912. The molecule has 0 fully saturated rings. The molecule has 0 spiro atoms. The zero-order valence-electron chi connectivity index (χ0n) is 25.0. The number of unbranched alkanes of at least 4 members (excludes halogenated alkanes) is 26. The van der Waals surface area contributed by atoms with Crippen LogP contribution in [0.15, 0.2) is 12.2 Å². The van der Waals surface area contributed by atoms with E-state index in [1.807, 2.05) is 0 Å². The molecule has 0 aliphatic rings. The minimum absolute atomic E-state index is 0.160. The smallest absolute Gasteiger partial charge is 0.155 e. The van der Waals surface area contributed by atoms with E-state index >= 15 is 0 Å². The van der Waals surface area contributed by atoms with E-state index in [0.717, 1.165) is 25.0 Å². The molecule has 0 aliphatic carbocycles. The molecule has 0 heterocycles. The van der Waals surface area contributed by atoms with Gasteiger partial charge in [0.05, 0.1) is 0 Å². The van der Waals surface area contributed by atoms with Gasteiger partial charge in [-0.25, -0.2) is 0 Å². The summed E-state index contributed by atoms with van der Waals surface area (Å²) in [6, 6.07) is 0. The van der Waals surface area contributed by atoms with Gasteiger partial charge in [-0.15, -0.1) is 0 Å². The molecule has 0 saturated carbocycles. The van der Waals surface area contributed by atoms with Gasteiger partial charge in [0.2, 0.25) is 0 Å². The second-order valence-corrected chi connectivity index (χ2v) is 11.4. The van der Waals surface area contributed by atoms with E-state index < -0.39 is 0 Å². The summed E-state index contributed by atoms with van der Waals surface area (Å²) in [6.07, 6.45) is 38.9. The van der Waals surface area contributed by atoms with Crippen LogP contribution < -0.4 is 0 Å². The van der Waals surface area contributed by atoms with Gasteiger partial charge >= 0.3 is 0 Å². The van der Waals surface area contributed by atoms with Crippen molar-refractivity contribution >= 4 is 5.78 Å². The molecule has 0 aliphatic heterocycles. The van der Waals surface area contributed by atoms with Crippen molar-refractivity contribution in [3.63, 3.8) is 0 Å². The Morgan fingerprint density at radius 3 is 0.889 bits per heavy atom. The van der Waals surface area contributed by atoms with E-state index in [1.165, 1.54) is 167 Å². The zero-order chi connectivity index (χ0) is 26.4. The van der Waals surface area contributed by atoms with E-state index in [2.05, 4.69) is 6.58 Å². The Labute approximate surface area is 227 Å². The number of rotatable bonds is 31. The van der Waals surface area contributed by atoms with Gasteiger partial charge in [-0.05, 0) is 31.8 Å². The van der Waals surface area contributed by atoms with Crippen molar-refractivity contribution in [2.45, 2.75) is 187 Å². The lowest BCUT2D eigenvalue weighted by Crippen LogP contribution is -1.94. The summed E-state index contributed by atoms with van der Waals surface area (Å²) in [6.45, 7) is 6.40. The monoisotopic (exact) mass is 507 g/mol. The van der Waals surface area contributed by atoms with E-state index in [4.69, 9.17) is 4.74 Å². The number of ether oxygens (including phenoxy) is 1. The third-order valence-corrected chi connectivity index (χ3v) is 7.82. The molecule has 36 heavy (non-hydrogen) atoms. The Hall–Kier alpha value is -0.630. The van der Waals surface area contributed by atoms with Crippen LogP contribution in [-0.4, -0.2) is 19.5 Å². The quantitative estimate of drug-likeness (QED) is 0.0690. The molecule has 0 aromatic carbocycles. The number of methoxy groups -OCH3 is 1. The molecular formula is C34H66O2. The summed E-state index contributed by atoms with van der Waals surface area (Å²) in [5, 5.41) is 0. The summed E-state index contributed by atoms with van der Waals surface area (Å²) >= 11 is 0. The number of ketones is 1. The Kier molecular flexibility index (Phi) is 30.1. The topological polar surface area (TPSA) is 26.3 Å². The average Bonchev–Trinajstić information content (AvgIpc) is 2.87. The Bertz CT molecular complexity index is 456. The average molecular weight is 507 g/mol. The third-order valence-electron chi connectivity index (χ3n) is 7.82. The maximum atomic E-state index is 11.1. The molecule has 2 heteroatoms. The maximum absolute atomic E-state index is 11.1. The van der Waals surface area contributed by atoms with Crippen molar-refractivity contribution in [3.8, 4) is 0 Å². The van der Waals surface area contributed by atoms with Crippen LogP contribution in [-0.2, 0) is 9.53 Å². The Morgan fingerprint density at radius 1 is 0.444 bits per heavy atom. The number of allylic oxidation sites excluding steroid dienone is 1. The molecule has 214 valence electrons. The van der Waals surface area contributed by atoms with Crippen molar-refractivity contribution in [3.05, 3.63) is 12.2 Å². The maximum Gasteiger partial charge on any atom is 0.155 e. The highest BCUT2D eigenvalue weighted by Crippen LogP contribution is 2.16. The SMILES string of the molecule is C=C(CCCCCCCCCCCCCCCCCCCCCCCCCCCCCOC)C(C)=O. The molecule has 0 N–H and O–H groups in total. The zero-order valence-corrected chi connectivity index (χ0v) is 25.0. The van der Waals surface area contributed by atoms with Crippen LogP contribution in [0.25, 0.3) is 0 Å². The van der Waals surface area contributed by atoms with E-state index in [0.29, 0.717) is 0 Å². The highest BCUT2D eigenvalue weighted by molar-refractivity contribution is 5.92. The van der Waals surface area contributed by atoms with Gasteiger partial charge in [0.25, 0.3) is 0 Å². The largest absolute Gasteiger partial charge is 0.385 e. The fourth-order valence-corrected chi connectivity index (χ4v) is 5.18. The minimum Gasteiger partial charge on any atom is -0.385 e. The Morgan fingerprint density at radius 2 is 0.667 bits per heavy atom. The number of carbonyl (C=O) groups excluding carboxylic acids is 1. The standard InChI is InChI=1S/C34H66O2/c1-33(34(2)35)31-29-27-25-23-21-19-17-15-13-11-9-7-5-4-6-8-10-12-14-16-18-20-22-24-26-28-30-32-36-3/h1,4-32H2,2-3H3. The highest BCUT2D eigenvalue weighted by Gasteiger charge is 2.00. The highest BCUT2D eigenvalue weighted by atomic mass is 16.5. The van der Waals surface area contributed by atoms with E-state index in [1.54, 1.807) is 14.0 Å². The lowest BCUT2D eigenvalue weighted by molar-refractivity contribution is -0.113. The van der Waals surface area contributed by atoms with Crippen molar-refractivity contribution in [2.24, 2.45) is 0 Å². The van der Waals surface area contributed by atoms with Crippen molar-refractivity contribution in [2.75, 3.05) is 13.7 Å². The molecule has 0 radical (unpaired) electrons. The van der Waals surface area contributed by atoms with E-state index in [-0.39, 0.29) is 5.78 Å². The number of carbonyl (C=O) groups is 1. The van der Waals surface area contributed by atoms with Crippen molar-refractivity contribution in [1.29, 1.82) is 0 Å². The molecular weight excluding hydrogens is 440 g/mol. The summed E-state index contributed by atoms with van der Waals surface area (Å²) in [4.78, 5) is 11.1. The van der Waals surface area contributed by atoms with Crippen LogP contribution in [0.1, 0.15) is 187 Å². The lowest BCUT2D eigenvalue weighted by atomic mass is 10.0. The number of hydrogen-bond donors (Lipinski definition) is 0. The molecule has 0 atom stereocenters. The van der Waals surface area contributed by atoms with Gasteiger partial charge in [0, 0.05) is 13.7 Å². The third kappa shape index (κ3) is 29.6. The second kappa shape index (κ2) is 30.6. The minimum atomic E-state index is 0.160. The molecule has 0 saturated heterocycles. The van der Waals surface area contributed by atoms with Gasteiger partial charge < -0.3 is 4.74 Å². The summed E-state index contributed by atoms with van der Waals surface area (Å²) in [7, 11) is 1.80. The van der Waals surface area contributed by atoms with Crippen molar-refractivity contribution < 1.29 is 9.53 Å². The Balaban J connectivity index is 3.05. The second-order valence-electron chi connectivity index (χ2n) is 11.4. The first-order valence-corrected chi connectivity index (χ1v) is 16.4. The lowest BCUT2D eigenvalue weighted by Gasteiger charge is -2.05. The van der Waals surface area contributed by atoms with Crippen LogP contribution in [0.3, 0.4) is 0 Å². The van der Waals surface area contributed by atoms with Gasteiger partial charge in [0.1, 0.15) is 0 Å². The molecule has 0 bridgehead atoms. The van der Waals surface area contributed by atoms with Gasteiger partial charge in [0.15, 0.2) is 5.78 Å². The molecule has 0 rings (SSSR count). The van der Waals surface area contributed by atoms with Gasteiger partial charge in [-0.3, -0.25) is 4.79 Å². The molecule has 0 aromatic rings. The fourth-order valence-electron chi connectivity index (χ4n) is 5.18. The molecule has 0 aromatic heterocycles. The number of hydrogen-bond acceptors (Lipinski definition) is 2. The predicted octanol–water partition coefficient (Wildman–Crippen LogP) is 11.7.